The Balaban J connectivity index is 1.69. The lowest BCUT2D eigenvalue weighted by Crippen LogP contribution is -2.13. The molecule has 2 aromatic carbocycles. The van der Waals surface area contributed by atoms with E-state index < -0.39 is 5.91 Å². The molecular formula is C26H27ClN4O4S. The highest BCUT2D eigenvalue weighted by atomic mass is 35.5. The second-order valence-corrected chi connectivity index (χ2v) is 9.42. The molecule has 10 heteroatoms. The van der Waals surface area contributed by atoms with Crippen molar-refractivity contribution >= 4 is 40.1 Å². The van der Waals surface area contributed by atoms with Crippen LogP contribution in [-0.2, 0) is 4.79 Å². The number of nitriles is 1. The number of nitrogens with one attached hydrogen (secondary N) is 1. The summed E-state index contributed by atoms with van der Waals surface area (Å²) >= 11 is 7.67. The van der Waals surface area contributed by atoms with Crippen molar-refractivity contribution in [2.24, 2.45) is 0 Å². The molecule has 0 bridgehead atoms. The molecule has 0 aliphatic heterocycles. The number of aromatic nitrogens is 2. The van der Waals surface area contributed by atoms with Crippen molar-refractivity contribution in [1.29, 1.82) is 5.26 Å². The zero-order chi connectivity index (χ0) is 26.1. The third kappa shape index (κ3) is 6.97. The number of hydrogen-bond acceptors (Lipinski definition) is 8. The molecule has 0 fully saturated rings. The van der Waals surface area contributed by atoms with Crippen LogP contribution >= 0.6 is 22.9 Å². The van der Waals surface area contributed by atoms with Gasteiger partial charge in [0.05, 0.1) is 12.1 Å². The van der Waals surface area contributed by atoms with E-state index in [2.05, 4.69) is 35.4 Å². The number of halogens is 1. The van der Waals surface area contributed by atoms with Gasteiger partial charge in [0.25, 0.3) is 5.91 Å². The van der Waals surface area contributed by atoms with E-state index in [1.165, 1.54) is 24.5 Å². The van der Waals surface area contributed by atoms with Crippen LogP contribution in [-0.4, -0.2) is 36.4 Å². The smallest absolute Gasteiger partial charge is 0.268 e. The number of hydrogen-bond donors (Lipinski definition) is 1. The molecular weight excluding hydrogens is 500 g/mol. The summed E-state index contributed by atoms with van der Waals surface area (Å²) in [5, 5.41) is 21.0. The van der Waals surface area contributed by atoms with Crippen LogP contribution in [0.25, 0.3) is 6.08 Å². The van der Waals surface area contributed by atoms with Crippen LogP contribution in [0.5, 0.6) is 17.2 Å². The molecule has 1 unspecified atom stereocenters. The third-order valence-electron chi connectivity index (χ3n) is 5.32. The van der Waals surface area contributed by atoms with Gasteiger partial charge < -0.3 is 14.2 Å². The number of ether oxygens (including phenoxy) is 3. The zero-order valence-corrected chi connectivity index (χ0v) is 22.1. The highest BCUT2D eigenvalue weighted by molar-refractivity contribution is 7.15. The van der Waals surface area contributed by atoms with E-state index in [1.54, 1.807) is 19.1 Å². The summed E-state index contributed by atoms with van der Waals surface area (Å²) in [6, 6.07) is 13.1. The summed E-state index contributed by atoms with van der Waals surface area (Å²) in [5.41, 5.74) is 1.54. The Hall–Kier alpha value is -3.61. The molecule has 1 amide bonds. The van der Waals surface area contributed by atoms with Gasteiger partial charge in [0.2, 0.25) is 5.13 Å². The van der Waals surface area contributed by atoms with Crippen LogP contribution in [0.3, 0.4) is 0 Å². The molecule has 1 heterocycles. The predicted octanol–water partition coefficient (Wildman–Crippen LogP) is 6.03. The van der Waals surface area contributed by atoms with Gasteiger partial charge in [-0.05, 0) is 54.7 Å². The van der Waals surface area contributed by atoms with Gasteiger partial charge in [0, 0.05) is 0 Å². The van der Waals surface area contributed by atoms with Crippen LogP contribution in [0.2, 0.25) is 5.02 Å². The van der Waals surface area contributed by atoms with Gasteiger partial charge in [-0.3, -0.25) is 10.1 Å². The molecule has 3 aromatic rings. The number of benzene rings is 2. The molecule has 0 saturated heterocycles. The van der Waals surface area contributed by atoms with E-state index in [0.29, 0.717) is 39.7 Å². The summed E-state index contributed by atoms with van der Waals surface area (Å²) in [4.78, 5) is 12.5. The van der Waals surface area contributed by atoms with Crippen molar-refractivity contribution in [2.75, 3.05) is 25.6 Å². The molecule has 36 heavy (non-hydrogen) atoms. The van der Waals surface area contributed by atoms with Crippen LogP contribution in [0, 0.1) is 18.3 Å². The normalized spacial score (nSPS) is 11.9. The molecule has 1 atom stereocenters. The van der Waals surface area contributed by atoms with E-state index in [-0.39, 0.29) is 17.2 Å². The van der Waals surface area contributed by atoms with Crippen molar-refractivity contribution in [3.05, 3.63) is 63.1 Å². The zero-order valence-electron chi connectivity index (χ0n) is 20.5. The minimum absolute atomic E-state index is 0.122. The van der Waals surface area contributed by atoms with Crippen molar-refractivity contribution in [3.63, 3.8) is 0 Å². The monoisotopic (exact) mass is 526 g/mol. The predicted molar refractivity (Wildman–Crippen MR) is 141 cm³/mol. The molecule has 0 aliphatic carbocycles. The largest absolute Gasteiger partial charge is 0.493 e. The maximum Gasteiger partial charge on any atom is 0.268 e. The second-order valence-electron chi connectivity index (χ2n) is 7.83. The van der Waals surface area contributed by atoms with Gasteiger partial charge in [-0.15, -0.1) is 10.2 Å². The van der Waals surface area contributed by atoms with Crippen LogP contribution in [0.1, 0.15) is 42.3 Å². The van der Waals surface area contributed by atoms with Gasteiger partial charge >= 0.3 is 0 Å². The maximum absolute atomic E-state index is 12.5. The Kier molecular flexibility index (Phi) is 9.68. The number of nitrogens with zero attached hydrogens (tertiary/aromatic N) is 3. The lowest BCUT2D eigenvalue weighted by atomic mass is 9.98. The molecule has 0 spiro atoms. The van der Waals surface area contributed by atoms with E-state index in [4.69, 9.17) is 25.8 Å². The number of anilines is 1. The number of carbonyl (C=O) groups excluding carboxylic acids is 1. The molecule has 0 radical (unpaired) electrons. The minimum Gasteiger partial charge on any atom is -0.493 e. The summed E-state index contributed by atoms with van der Waals surface area (Å²) in [7, 11) is 1.49. The molecule has 188 valence electrons. The van der Waals surface area contributed by atoms with Gasteiger partial charge in [-0.1, -0.05) is 55.0 Å². The Bertz CT molecular complexity index is 1290. The molecule has 8 nitrogen and oxygen atoms in total. The van der Waals surface area contributed by atoms with Gasteiger partial charge in [-0.2, -0.15) is 5.26 Å². The van der Waals surface area contributed by atoms with Gasteiger partial charge in [-0.25, -0.2) is 0 Å². The summed E-state index contributed by atoms with van der Waals surface area (Å²) in [6.07, 6.45) is 2.43. The lowest BCUT2D eigenvalue weighted by molar-refractivity contribution is -0.112. The highest BCUT2D eigenvalue weighted by Gasteiger charge is 2.16. The highest BCUT2D eigenvalue weighted by Crippen LogP contribution is 2.37. The first-order chi connectivity index (χ1) is 17.4. The van der Waals surface area contributed by atoms with Gasteiger partial charge in [0.15, 0.2) is 11.5 Å². The molecule has 1 N–H and O–H groups in total. The first-order valence-corrected chi connectivity index (χ1v) is 12.5. The lowest BCUT2D eigenvalue weighted by Gasteiger charge is -2.17. The standard InChI is InChI=1S/C26H27ClN4O4S/c1-5-16(2)20-8-6-7-9-22(20)34-10-11-35-24-21(27)13-18(14-23(24)33-4)12-19(15-28)25(32)29-26-31-30-17(3)36-26/h6-9,12-14,16H,5,10-11H2,1-4H3,(H,29,31,32)/b19-12-. The van der Waals surface area contributed by atoms with E-state index in [0.717, 1.165) is 17.7 Å². The second kappa shape index (κ2) is 12.9. The van der Waals surface area contributed by atoms with Crippen molar-refractivity contribution < 1.29 is 19.0 Å². The Labute approximate surface area is 219 Å². The minimum atomic E-state index is -0.598. The van der Waals surface area contributed by atoms with E-state index in [1.807, 2.05) is 24.3 Å². The number of rotatable bonds is 11. The first kappa shape index (κ1) is 27.0. The maximum atomic E-state index is 12.5. The fraction of sp³-hybridized carbons (Fsp3) is 0.308. The number of para-hydroxylation sites is 1. The topological polar surface area (TPSA) is 106 Å². The number of aryl methyl sites for hydroxylation is 1. The SMILES string of the molecule is CCC(C)c1ccccc1OCCOc1c(Cl)cc(/C=C(/C#N)C(=O)Nc2nnc(C)s2)cc1OC. The fourth-order valence-corrected chi connectivity index (χ4v) is 4.18. The van der Waals surface area contributed by atoms with Crippen molar-refractivity contribution in [2.45, 2.75) is 33.1 Å². The van der Waals surface area contributed by atoms with Gasteiger partial charge in [0.1, 0.15) is 35.6 Å². The summed E-state index contributed by atoms with van der Waals surface area (Å²) < 4.78 is 17.3. The number of methoxy groups -OCH3 is 1. The number of carbonyl (C=O) groups is 1. The fourth-order valence-electron chi connectivity index (χ4n) is 3.32. The molecule has 0 aliphatic rings. The Morgan fingerprint density at radius 1 is 1.22 bits per heavy atom. The third-order valence-corrected chi connectivity index (χ3v) is 6.36. The van der Waals surface area contributed by atoms with Crippen molar-refractivity contribution in [3.8, 4) is 23.3 Å². The first-order valence-electron chi connectivity index (χ1n) is 11.3. The average molecular weight is 527 g/mol. The number of amides is 1. The van der Waals surface area contributed by atoms with Crippen LogP contribution in [0.4, 0.5) is 5.13 Å². The van der Waals surface area contributed by atoms with Crippen molar-refractivity contribution in [1.82, 2.24) is 10.2 Å². The van der Waals surface area contributed by atoms with Crippen LogP contribution < -0.4 is 19.5 Å². The molecule has 0 saturated carbocycles. The van der Waals surface area contributed by atoms with E-state index >= 15 is 0 Å². The van der Waals surface area contributed by atoms with Crippen LogP contribution in [0.15, 0.2) is 42.0 Å². The Morgan fingerprint density at radius 3 is 2.64 bits per heavy atom. The molecule has 1 aromatic heterocycles. The molecule has 3 rings (SSSR count). The van der Waals surface area contributed by atoms with E-state index in [9.17, 15) is 10.1 Å². The summed E-state index contributed by atoms with van der Waals surface area (Å²) in [5.74, 6) is 1.34. The average Bonchev–Trinajstić information content (AvgIpc) is 3.29. The quantitative estimate of drug-likeness (QED) is 0.185. The Morgan fingerprint density at radius 2 is 1.97 bits per heavy atom. The summed E-state index contributed by atoms with van der Waals surface area (Å²) in [6.45, 7) is 6.64.